The number of hydrogen-bond donors (Lipinski definition) is 2. The van der Waals surface area contributed by atoms with Crippen LogP contribution in [-0.2, 0) is 14.8 Å². The van der Waals surface area contributed by atoms with Crippen molar-refractivity contribution in [3.8, 4) is 0 Å². The highest BCUT2D eigenvalue weighted by Gasteiger charge is 2.29. The molecule has 8 nitrogen and oxygen atoms in total. The van der Waals surface area contributed by atoms with Crippen LogP contribution in [0, 0.1) is 5.92 Å². The van der Waals surface area contributed by atoms with Crippen molar-refractivity contribution in [2.75, 3.05) is 20.2 Å². The van der Waals surface area contributed by atoms with Crippen molar-refractivity contribution in [1.82, 2.24) is 14.5 Å². The molecule has 0 spiro atoms. The van der Waals surface area contributed by atoms with Crippen LogP contribution in [0.15, 0.2) is 11.2 Å². The molecule has 0 aliphatic rings. The van der Waals surface area contributed by atoms with Gasteiger partial charge in [-0.1, -0.05) is 13.8 Å². The molecule has 1 atom stereocenters. The molecule has 3 N–H and O–H groups in total. The summed E-state index contributed by atoms with van der Waals surface area (Å²) in [7, 11) is -2.41. The van der Waals surface area contributed by atoms with E-state index >= 15 is 0 Å². The maximum Gasteiger partial charge on any atom is 0.342 e. The third-order valence-corrected chi connectivity index (χ3v) is 5.23. The number of aromatic nitrogens is 2. The van der Waals surface area contributed by atoms with Gasteiger partial charge in [0, 0.05) is 19.6 Å². The van der Waals surface area contributed by atoms with Crippen LogP contribution in [0.3, 0.4) is 0 Å². The summed E-state index contributed by atoms with van der Waals surface area (Å²) in [6, 6.07) is -0.0936. The molecule has 1 aromatic heterocycles. The Hall–Kier alpha value is -1.45. The number of hydrogen-bond acceptors (Lipinski definition) is 6. The van der Waals surface area contributed by atoms with Crippen molar-refractivity contribution >= 4 is 16.0 Å². The molecular weight excluding hydrogens is 308 g/mol. The fourth-order valence-electron chi connectivity index (χ4n) is 1.77. The zero-order chi connectivity index (χ0) is 16.9. The maximum atomic E-state index is 12.5. The molecule has 0 aliphatic carbocycles. The van der Waals surface area contributed by atoms with Crippen LogP contribution in [0.25, 0.3) is 0 Å². The van der Waals surface area contributed by atoms with Gasteiger partial charge in [-0.3, -0.25) is 5.10 Å². The normalized spacial score (nSPS) is 13.6. The van der Waals surface area contributed by atoms with Crippen LogP contribution in [0.2, 0.25) is 0 Å². The monoisotopic (exact) mass is 332 g/mol. The molecular formula is C13H24N4O4S. The van der Waals surface area contributed by atoms with E-state index in [9.17, 15) is 13.2 Å². The van der Waals surface area contributed by atoms with Gasteiger partial charge in [-0.05, 0) is 19.3 Å². The van der Waals surface area contributed by atoms with Crippen molar-refractivity contribution < 1.29 is 17.9 Å². The lowest BCUT2D eigenvalue weighted by molar-refractivity contribution is 0.0521. The Balaban J connectivity index is 2.90. The number of rotatable bonds is 8. The highest BCUT2D eigenvalue weighted by Crippen LogP contribution is 2.18. The van der Waals surface area contributed by atoms with Crippen LogP contribution >= 0.6 is 0 Å². The summed E-state index contributed by atoms with van der Waals surface area (Å²) in [5, 5.41) is 5.75. The summed E-state index contributed by atoms with van der Waals surface area (Å²) in [6.07, 6.45) is 1.68. The predicted octanol–water partition coefficient (Wildman–Crippen LogP) is 0.580. The zero-order valence-electron chi connectivity index (χ0n) is 13.4. The van der Waals surface area contributed by atoms with E-state index in [2.05, 4.69) is 10.2 Å². The van der Waals surface area contributed by atoms with E-state index in [1.54, 1.807) is 6.92 Å². The van der Waals surface area contributed by atoms with Gasteiger partial charge in [-0.2, -0.15) is 9.40 Å². The largest absolute Gasteiger partial charge is 0.462 e. The summed E-state index contributed by atoms with van der Waals surface area (Å²) >= 11 is 0. The number of carbonyl (C=O) groups is 1. The second-order valence-corrected chi connectivity index (χ2v) is 7.34. The minimum absolute atomic E-state index is 0.0936. The topological polar surface area (TPSA) is 118 Å². The van der Waals surface area contributed by atoms with Crippen LogP contribution in [-0.4, -0.2) is 55.1 Å². The predicted molar refractivity (Wildman–Crippen MR) is 81.8 cm³/mol. The number of nitrogens with zero attached hydrogens (tertiary/aromatic N) is 2. The van der Waals surface area contributed by atoms with E-state index in [1.807, 2.05) is 13.8 Å². The number of esters is 1. The minimum Gasteiger partial charge on any atom is -0.462 e. The standard InChI is InChI=1S/C13H24N4O4S/c1-5-21-13(18)10-8-15-16-12(10)22(19,20)17(4)7-6-11(14)9(2)3/h8-9,11H,5-7,14H2,1-4H3,(H,15,16). The van der Waals surface area contributed by atoms with Gasteiger partial charge in [0.1, 0.15) is 5.56 Å². The quantitative estimate of drug-likeness (QED) is 0.672. The number of sulfonamides is 1. The number of carbonyl (C=O) groups excluding carboxylic acids is 1. The first-order valence-corrected chi connectivity index (χ1v) is 8.58. The van der Waals surface area contributed by atoms with Crippen LogP contribution in [0.5, 0.6) is 0 Å². The average molecular weight is 332 g/mol. The Morgan fingerprint density at radius 2 is 2.14 bits per heavy atom. The fourth-order valence-corrected chi connectivity index (χ4v) is 3.00. The number of ether oxygens (including phenoxy) is 1. The van der Waals surface area contributed by atoms with Crippen LogP contribution in [0.1, 0.15) is 37.6 Å². The molecule has 0 aromatic carbocycles. The Morgan fingerprint density at radius 1 is 1.50 bits per heavy atom. The Bertz CT molecular complexity index is 597. The van der Waals surface area contributed by atoms with Gasteiger partial charge in [-0.25, -0.2) is 13.2 Å². The summed E-state index contributed by atoms with van der Waals surface area (Å²) in [6.45, 7) is 6.01. The Labute approximate surface area is 131 Å². The lowest BCUT2D eigenvalue weighted by Crippen LogP contribution is -2.35. The highest BCUT2D eigenvalue weighted by atomic mass is 32.2. The van der Waals surface area contributed by atoms with E-state index in [4.69, 9.17) is 10.5 Å². The second-order valence-electron chi connectivity index (χ2n) is 5.36. The fraction of sp³-hybridized carbons (Fsp3) is 0.692. The van der Waals surface area contributed by atoms with Crippen molar-refractivity contribution in [3.05, 3.63) is 11.8 Å². The molecule has 0 bridgehead atoms. The molecule has 1 unspecified atom stereocenters. The third kappa shape index (κ3) is 4.28. The molecule has 0 radical (unpaired) electrons. The van der Waals surface area contributed by atoms with Crippen molar-refractivity contribution in [2.24, 2.45) is 11.7 Å². The molecule has 0 amide bonds. The number of nitrogens with two attached hydrogens (primary N) is 1. The first kappa shape index (κ1) is 18.6. The van der Waals surface area contributed by atoms with Gasteiger partial charge in [0.15, 0.2) is 5.03 Å². The van der Waals surface area contributed by atoms with Crippen molar-refractivity contribution in [1.29, 1.82) is 0 Å². The third-order valence-electron chi connectivity index (χ3n) is 3.40. The molecule has 1 rings (SSSR count). The molecule has 0 saturated heterocycles. The van der Waals surface area contributed by atoms with Gasteiger partial charge in [0.25, 0.3) is 10.0 Å². The Morgan fingerprint density at radius 3 is 2.68 bits per heavy atom. The number of H-pyrrole nitrogens is 1. The zero-order valence-corrected chi connectivity index (χ0v) is 14.2. The van der Waals surface area contributed by atoms with Crippen LogP contribution < -0.4 is 5.73 Å². The van der Waals surface area contributed by atoms with E-state index in [-0.39, 0.29) is 35.7 Å². The van der Waals surface area contributed by atoms with Gasteiger partial charge < -0.3 is 10.5 Å². The van der Waals surface area contributed by atoms with Gasteiger partial charge in [-0.15, -0.1) is 0 Å². The van der Waals surface area contributed by atoms with Gasteiger partial charge >= 0.3 is 5.97 Å². The molecule has 1 heterocycles. The summed E-state index contributed by atoms with van der Waals surface area (Å²) < 4.78 is 31.0. The lowest BCUT2D eigenvalue weighted by Gasteiger charge is -2.21. The summed E-state index contributed by atoms with van der Waals surface area (Å²) in [4.78, 5) is 11.8. The smallest absolute Gasteiger partial charge is 0.342 e. The second kappa shape index (κ2) is 7.70. The molecule has 126 valence electrons. The molecule has 1 aromatic rings. The Kier molecular flexibility index (Phi) is 6.51. The molecule has 0 saturated carbocycles. The van der Waals surface area contributed by atoms with E-state index in [0.29, 0.717) is 6.42 Å². The minimum atomic E-state index is -3.85. The van der Waals surface area contributed by atoms with Crippen LogP contribution in [0.4, 0.5) is 0 Å². The lowest BCUT2D eigenvalue weighted by atomic mass is 10.0. The summed E-state index contributed by atoms with van der Waals surface area (Å²) in [5.41, 5.74) is 5.83. The molecule has 0 aliphatic heterocycles. The maximum absolute atomic E-state index is 12.5. The van der Waals surface area contributed by atoms with E-state index in [0.717, 1.165) is 10.5 Å². The number of aromatic amines is 1. The highest BCUT2D eigenvalue weighted by molar-refractivity contribution is 7.89. The molecule has 22 heavy (non-hydrogen) atoms. The SMILES string of the molecule is CCOC(=O)c1cn[nH]c1S(=O)(=O)N(C)CCC(N)C(C)C. The van der Waals surface area contributed by atoms with Gasteiger partial charge in [0.2, 0.25) is 0 Å². The number of nitrogens with one attached hydrogen (secondary N) is 1. The average Bonchev–Trinajstić information content (AvgIpc) is 2.94. The van der Waals surface area contributed by atoms with Gasteiger partial charge in [0.05, 0.1) is 12.8 Å². The molecule has 9 heteroatoms. The first-order chi connectivity index (χ1) is 10.2. The molecule has 0 fully saturated rings. The van der Waals surface area contributed by atoms with Crippen molar-refractivity contribution in [3.63, 3.8) is 0 Å². The van der Waals surface area contributed by atoms with E-state index < -0.39 is 16.0 Å². The first-order valence-electron chi connectivity index (χ1n) is 7.14. The van der Waals surface area contributed by atoms with E-state index in [1.165, 1.54) is 7.05 Å². The summed E-state index contributed by atoms with van der Waals surface area (Å²) in [5.74, 6) is -0.458. The van der Waals surface area contributed by atoms with Crippen molar-refractivity contribution in [2.45, 2.75) is 38.3 Å².